The van der Waals surface area contributed by atoms with Crippen LogP contribution in [0.5, 0.6) is 0 Å². The summed E-state index contributed by atoms with van der Waals surface area (Å²) >= 11 is 0. The Hall–Kier alpha value is -10.6. The summed E-state index contributed by atoms with van der Waals surface area (Å²) in [6.45, 7) is 6.93. The number of benzene rings is 13. The maximum atomic E-state index is 2.51. The highest BCUT2D eigenvalue weighted by atomic mass is 15.0. The summed E-state index contributed by atoms with van der Waals surface area (Å²) in [6.07, 6.45) is 4.56. The van der Waals surface area contributed by atoms with Crippen LogP contribution < -0.4 is 0 Å². The molecule has 0 spiro atoms. The minimum Gasteiger partial charge on any atom is -0.309 e. The summed E-state index contributed by atoms with van der Waals surface area (Å²) in [7, 11) is 0. The summed E-state index contributed by atoms with van der Waals surface area (Å²) in [6, 6.07) is 114. The van der Waals surface area contributed by atoms with E-state index in [-0.39, 0.29) is 5.41 Å². The van der Waals surface area contributed by atoms with Crippen molar-refractivity contribution >= 4 is 34.0 Å². The second kappa shape index (κ2) is 19.5. The predicted molar refractivity (Wildman–Crippen MR) is 364 cm³/mol. The number of aromatic nitrogens is 1. The lowest BCUT2D eigenvalue weighted by Gasteiger charge is -2.35. The lowest BCUT2D eigenvalue weighted by atomic mass is 9.66. The van der Waals surface area contributed by atoms with Gasteiger partial charge < -0.3 is 4.57 Å². The standard InChI is InChI=1S/C86H61N/c1-56-20-18-26-65(50-56)86(77-33-15-11-29-69(77)70-30-12-16-34-78(70)86)66-27-19-21-60(52-66)62-43-47-73-72-46-40-58(51-80(72)85(81(73)54-62,63-22-6-4-7-23-63)64-24-8-5-9-25-64)37-36-57-38-41-59(42-39-57)61-44-49-83-75(53-61)74-31-13-17-35-82(74)87(83)67-45-48-71-68-28-10-14-32-76(68)84(2,3)79(71)55-67/h4-55H,1-3H3. The first-order chi connectivity index (χ1) is 42.8. The van der Waals surface area contributed by atoms with Gasteiger partial charge in [-0.1, -0.05) is 286 Å². The van der Waals surface area contributed by atoms with Crippen LogP contribution in [0, 0.1) is 6.92 Å². The average molecular weight is 1110 g/mol. The van der Waals surface area contributed by atoms with Crippen LogP contribution in [0.2, 0.25) is 0 Å². The largest absolute Gasteiger partial charge is 0.309 e. The van der Waals surface area contributed by atoms with Gasteiger partial charge in [-0.3, -0.25) is 0 Å². The lowest BCUT2D eigenvalue weighted by molar-refractivity contribution is 0.660. The zero-order valence-corrected chi connectivity index (χ0v) is 49.0. The van der Waals surface area contributed by atoms with Crippen LogP contribution >= 0.6 is 0 Å². The molecule has 0 aliphatic heterocycles. The van der Waals surface area contributed by atoms with Crippen LogP contribution in [0.25, 0.3) is 95.3 Å². The van der Waals surface area contributed by atoms with Gasteiger partial charge in [0.25, 0.3) is 0 Å². The van der Waals surface area contributed by atoms with Crippen molar-refractivity contribution < 1.29 is 0 Å². The highest BCUT2D eigenvalue weighted by molar-refractivity contribution is 6.10. The fraction of sp³-hybridized carbons (Fsp3) is 0.0698. The fourth-order valence-corrected chi connectivity index (χ4v) is 15.9. The van der Waals surface area contributed by atoms with E-state index in [4.69, 9.17) is 0 Å². The molecule has 410 valence electrons. The Kier molecular flexibility index (Phi) is 11.4. The number of rotatable bonds is 9. The molecule has 0 saturated heterocycles. The normalized spacial score (nSPS) is 14.4. The minimum absolute atomic E-state index is 0.0766. The molecule has 1 heterocycles. The lowest BCUT2D eigenvalue weighted by Crippen LogP contribution is -2.29. The quantitative estimate of drug-likeness (QED) is 0.127. The van der Waals surface area contributed by atoms with E-state index in [0.29, 0.717) is 0 Å². The van der Waals surface area contributed by atoms with Crippen molar-refractivity contribution in [3.05, 3.63) is 376 Å². The number of para-hydroxylation sites is 1. The van der Waals surface area contributed by atoms with E-state index < -0.39 is 10.8 Å². The molecule has 0 N–H and O–H groups in total. The van der Waals surface area contributed by atoms with E-state index in [1.54, 1.807) is 0 Å². The van der Waals surface area contributed by atoms with Gasteiger partial charge in [-0.05, 0) is 178 Å². The fourth-order valence-electron chi connectivity index (χ4n) is 15.9. The van der Waals surface area contributed by atoms with E-state index in [0.717, 1.165) is 11.1 Å². The molecule has 0 amide bonds. The van der Waals surface area contributed by atoms with E-state index in [1.807, 2.05) is 0 Å². The maximum Gasteiger partial charge on any atom is 0.0713 e. The Balaban J connectivity index is 0.730. The first-order valence-corrected chi connectivity index (χ1v) is 30.6. The van der Waals surface area contributed by atoms with Gasteiger partial charge in [0.05, 0.1) is 21.9 Å². The topological polar surface area (TPSA) is 4.93 Å². The maximum absolute atomic E-state index is 2.51. The molecule has 17 rings (SSSR count). The van der Waals surface area contributed by atoms with Gasteiger partial charge in [-0.15, -0.1) is 0 Å². The first kappa shape index (κ1) is 50.9. The molecule has 0 saturated carbocycles. The molecule has 1 heteroatoms. The Morgan fingerprint density at radius 1 is 0.276 bits per heavy atom. The van der Waals surface area contributed by atoms with Crippen molar-refractivity contribution in [1.82, 2.24) is 4.57 Å². The molecule has 0 radical (unpaired) electrons. The smallest absolute Gasteiger partial charge is 0.0713 e. The molecule has 3 aliphatic carbocycles. The first-order valence-electron chi connectivity index (χ1n) is 30.6. The molecule has 3 aliphatic rings. The Bertz CT molecular complexity index is 5040. The molecule has 1 aromatic heterocycles. The summed E-state index contributed by atoms with van der Waals surface area (Å²) < 4.78 is 2.46. The van der Waals surface area contributed by atoms with Crippen LogP contribution in [-0.4, -0.2) is 4.57 Å². The van der Waals surface area contributed by atoms with Crippen LogP contribution in [-0.2, 0) is 16.2 Å². The van der Waals surface area contributed by atoms with Crippen LogP contribution in [0.3, 0.4) is 0 Å². The third kappa shape index (κ3) is 7.52. The zero-order valence-electron chi connectivity index (χ0n) is 49.0. The molecule has 13 aromatic carbocycles. The number of fused-ring (bicyclic) bond motifs is 12. The van der Waals surface area contributed by atoms with Gasteiger partial charge in [-0.2, -0.15) is 0 Å². The second-order valence-electron chi connectivity index (χ2n) is 24.8. The summed E-state index contributed by atoms with van der Waals surface area (Å²) in [5.41, 5.74) is 31.7. The van der Waals surface area contributed by atoms with Crippen molar-refractivity contribution in [3.8, 4) is 61.3 Å². The number of hydrogen-bond donors (Lipinski definition) is 0. The Labute approximate surface area is 509 Å². The molecule has 0 bridgehead atoms. The molecule has 0 atom stereocenters. The van der Waals surface area contributed by atoms with Gasteiger partial charge in [0.15, 0.2) is 0 Å². The number of hydrogen-bond acceptors (Lipinski definition) is 0. The highest BCUT2D eigenvalue weighted by Gasteiger charge is 2.48. The van der Waals surface area contributed by atoms with Gasteiger partial charge in [0.2, 0.25) is 0 Å². The van der Waals surface area contributed by atoms with Gasteiger partial charge >= 0.3 is 0 Å². The van der Waals surface area contributed by atoms with Crippen molar-refractivity contribution in [3.63, 3.8) is 0 Å². The predicted octanol–water partition coefficient (Wildman–Crippen LogP) is 21.6. The third-order valence-electron chi connectivity index (χ3n) is 19.8. The monoisotopic (exact) mass is 1110 g/mol. The molecular weight excluding hydrogens is 1050 g/mol. The zero-order chi connectivity index (χ0) is 58.0. The van der Waals surface area contributed by atoms with Gasteiger partial charge in [0, 0.05) is 21.9 Å². The molecule has 87 heavy (non-hydrogen) atoms. The number of nitrogens with zero attached hydrogens (tertiary/aromatic N) is 1. The second-order valence-corrected chi connectivity index (χ2v) is 24.8. The van der Waals surface area contributed by atoms with Crippen molar-refractivity contribution in [1.29, 1.82) is 0 Å². The average Bonchev–Trinajstić information content (AvgIpc) is 1.61. The van der Waals surface area contributed by atoms with E-state index in [1.165, 1.54) is 144 Å². The summed E-state index contributed by atoms with van der Waals surface area (Å²) in [5, 5.41) is 2.51. The van der Waals surface area contributed by atoms with Gasteiger partial charge in [0.1, 0.15) is 0 Å². The van der Waals surface area contributed by atoms with Crippen molar-refractivity contribution in [2.75, 3.05) is 0 Å². The number of aryl methyl sites for hydroxylation is 1. The summed E-state index contributed by atoms with van der Waals surface area (Å²) in [4.78, 5) is 0. The van der Waals surface area contributed by atoms with Crippen molar-refractivity contribution in [2.24, 2.45) is 0 Å². The van der Waals surface area contributed by atoms with E-state index in [2.05, 4.69) is 341 Å². The van der Waals surface area contributed by atoms with Crippen LogP contribution in [0.15, 0.2) is 303 Å². The van der Waals surface area contributed by atoms with Crippen molar-refractivity contribution in [2.45, 2.75) is 37.0 Å². The Morgan fingerprint density at radius 3 is 1.46 bits per heavy atom. The SMILES string of the molecule is Cc1cccc(C2(c3cccc(-c4ccc5c(c4)C(c4ccccc4)(c4ccccc4)c4cc(C=Cc6ccc(-c7ccc8c(c7)c7ccccc7n8-c7ccc8c(c7)C(C)(C)c7ccccc7-8)cc6)ccc4-5)c3)c3ccccc3-c3ccccc32)c1. The molecule has 0 fully saturated rings. The third-order valence-corrected chi connectivity index (χ3v) is 19.8. The Morgan fingerprint density at radius 2 is 0.747 bits per heavy atom. The van der Waals surface area contributed by atoms with Gasteiger partial charge in [-0.25, -0.2) is 0 Å². The summed E-state index contributed by atoms with van der Waals surface area (Å²) in [5.74, 6) is 0. The highest BCUT2D eigenvalue weighted by Crippen LogP contribution is 2.59. The molecule has 1 nitrogen and oxygen atoms in total. The molecule has 0 unspecified atom stereocenters. The van der Waals surface area contributed by atoms with Crippen LogP contribution in [0.4, 0.5) is 0 Å². The molecule has 14 aromatic rings. The molecular formula is C86H61N. The van der Waals surface area contributed by atoms with Crippen LogP contribution in [0.1, 0.15) is 86.2 Å². The van der Waals surface area contributed by atoms with E-state index >= 15 is 0 Å². The van der Waals surface area contributed by atoms with E-state index in [9.17, 15) is 0 Å². The minimum atomic E-state index is -0.587.